The van der Waals surface area contributed by atoms with Crippen LogP contribution in [0.2, 0.25) is 0 Å². The summed E-state index contributed by atoms with van der Waals surface area (Å²) in [5.41, 5.74) is 10.7. The number of hydrogen-bond acceptors (Lipinski definition) is 4. The highest BCUT2D eigenvalue weighted by molar-refractivity contribution is 8.00. The van der Waals surface area contributed by atoms with Gasteiger partial charge >= 0.3 is 0 Å². The summed E-state index contributed by atoms with van der Waals surface area (Å²) in [6.07, 6.45) is 6.74. The topological polar surface area (TPSA) is 54.5 Å². The molecule has 1 aliphatic heterocycles. The molecule has 0 fully saturated rings. The lowest BCUT2D eigenvalue weighted by molar-refractivity contribution is 0.838. The summed E-state index contributed by atoms with van der Waals surface area (Å²) in [5, 5.41) is 12.0. The Bertz CT molecular complexity index is 2360. The summed E-state index contributed by atoms with van der Waals surface area (Å²) < 4.78 is 2.38. The van der Waals surface area contributed by atoms with Crippen molar-refractivity contribution in [3.05, 3.63) is 162 Å². The van der Waals surface area contributed by atoms with Crippen LogP contribution in [-0.2, 0) is 0 Å². The first kappa shape index (κ1) is 26.7. The van der Waals surface area contributed by atoms with Gasteiger partial charge in [-0.1, -0.05) is 97.1 Å². The highest BCUT2D eigenvalue weighted by Gasteiger charge is 2.40. The standard InChI is InChI=1S/C41H26N4S/c42-25-26-20-22-28(23-21-26)41-43-37(27-10-2-1-3-11-27)40-38(44-41)34-17-9-16-31(39(34)46-40)29-12-8-13-30(24-29)45-35-18-6-4-14-32(35)33-15-5-7-19-36(33)45/h1-24,34,39H. The molecule has 3 heterocycles. The van der Waals surface area contributed by atoms with Crippen LogP contribution in [0.25, 0.3) is 55.7 Å². The van der Waals surface area contributed by atoms with Crippen LogP contribution in [0.3, 0.4) is 0 Å². The van der Waals surface area contributed by atoms with E-state index in [0.29, 0.717) is 11.4 Å². The van der Waals surface area contributed by atoms with E-state index in [1.807, 2.05) is 42.1 Å². The van der Waals surface area contributed by atoms with Crippen molar-refractivity contribution < 1.29 is 0 Å². The minimum Gasteiger partial charge on any atom is -0.309 e. The molecule has 7 aromatic rings. The average Bonchev–Trinajstić information content (AvgIpc) is 3.68. The molecule has 46 heavy (non-hydrogen) atoms. The normalized spacial score (nSPS) is 16.6. The molecule has 2 unspecified atom stereocenters. The number of aromatic nitrogens is 3. The molecule has 2 atom stereocenters. The summed E-state index contributed by atoms with van der Waals surface area (Å²) in [6, 6.07) is 46.4. The van der Waals surface area contributed by atoms with Gasteiger partial charge in [-0.25, -0.2) is 9.97 Å². The van der Waals surface area contributed by atoms with Gasteiger partial charge in [-0.15, -0.1) is 11.8 Å². The van der Waals surface area contributed by atoms with Gasteiger partial charge in [-0.05, 0) is 59.7 Å². The van der Waals surface area contributed by atoms with E-state index in [1.54, 1.807) is 0 Å². The van der Waals surface area contributed by atoms with E-state index in [4.69, 9.17) is 9.97 Å². The molecule has 0 N–H and O–H groups in total. The molecular formula is C41H26N4S. The average molecular weight is 607 g/mol. The van der Waals surface area contributed by atoms with Crippen LogP contribution < -0.4 is 0 Å². The second-order valence-electron chi connectivity index (χ2n) is 11.7. The fraction of sp³-hybridized carbons (Fsp3) is 0.0488. The van der Waals surface area contributed by atoms with E-state index in [1.165, 1.54) is 32.9 Å². The van der Waals surface area contributed by atoms with Gasteiger partial charge in [0.25, 0.3) is 0 Å². The maximum Gasteiger partial charge on any atom is 0.160 e. The van der Waals surface area contributed by atoms with Gasteiger partial charge in [-0.3, -0.25) is 0 Å². The van der Waals surface area contributed by atoms with Gasteiger partial charge in [0.05, 0.1) is 38.9 Å². The van der Waals surface area contributed by atoms with Crippen LogP contribution in [0.15, 0.2) is 151 Å². The second kappa shape index (κ2) is 10.7. The molecule has 0 spiro atoms. The van der Waals surface area contributed by atoms with Crippen molar-refractivity contribution in [2.24, 2.45) is 0 Å². The molecule has 2 aliphatic rings. The zero-order valence-corrected chi connectivity index (χ0v) is 25.5. The Morgan fingerprint density at radius 2 is 1.37 bits per heavy atom. The van der Waals surface area contributed by atoms with Gasteiger partial charge < -0.3 is 4.57 Å². The van der Waals surface area contributed by atoms with E-state index in [9.17, 15) is 5.26 Å². The van der Waals surface area contributed by atoms with Crippen LogP contribution in [-0.4, -0.2) is 19.8 Å². The summed E-state index contributed by atoms with van der Waals surface area (Å²) >= 11 is 1.87. The fourth-order valence-corrected chi connectivity index (χ4v) is 8.42. The molecule has 0 amide bonds. The highest BCUT2D eigenvalue weighted by Crippen LogP contribution is 2.55. The van der Waals surface area contributed by atoms with Crippen LogP contribution >= 0.6 is 11.8 Å². The van der Waals surface area contributed by atoms with E-state index < -0.39 is 0 Å². The molecule has 1 aliphatic carbocycles. The lowest BCUT2D eigenvalue weighted by atomic mass is 9.87. The zero-order valence-electron chi connectivity index (χ0n) is 24.7. The number of benzene rings is 5. The Hall–Kier alpha value is -5.70. The predicted octanol–water partition coefficient (Wildman–Crippen LogP) is 9.99. The maximum absolute atomic E-state index is 9.33. The number of thioether (sulfide) groups is 1. The lowest BCUT2D eigenvalue weighted by Gasteiger charge is -2.23. The fourth-order valence-electron chi connectivity index (χ4n) is 6.88. The first-order valence-corrected chi connectivity index (χ1v) is 16.3. The Kier molecular flexibility index (Phi) is 6.22. The molecule has 0 saturated carbocycles. The van der Waals surface area contributed by atoms with E-state index in [2.05, 4.69) is 126 Å². The first-order valence-electron chi connectivity index (χ1n) is 15.4. The van der Waals surface area contributed by atoms with Gasteiger partial charge in [0.1, 0.15) is 0 Å². The number of rotatable bonds is 4. The quantitative estimate of drug-likeness (QED) is 0.200. The molecule has 216 valence electrons. The van der Waals surface area contributed by atoms with E-state index in [-0.39, 0.29) is 11.2 Å². The molecule has 5 heteroatoms. The highest BCUT2D eigenvalue weighted by atomic mass is 32.2. The molecule has 0 bridgehead atoms. The van der Waals surface area contributed by atoms with Crippen LogP contribution in [0.5, 0.6) is 0 Å². The largest absolute Gasteiger partial charge is 0.309 e. The van der Waals surface area contributed by atoms with Gasteiger partial charge in [-0.2, -0.15) is 5.26 Å². The summed E-state index contributed by atoms with van der Waals surface area (Å²) in [7, 11) is 0. The van der Waals surface area contributed by atoms with Crippen molar-refractivity contribution in [3.63, 3.8) is 0 Å². The Morgan fingerprint density at radius 1 is 0.674 bits per heavy atom. The summed E-state index contributed by atoms with van der Waals surface area (Å²) in [6.45, 7) is 0. The Labute approximate surface area is 271 Å². The molecular weight excluding hydrogens is 581 g/mol. The first-order chi connectivity index (χ1) is 22.8. The monoisotopic (exact) mass is 606 g/mol. The van der Waals surface area contributed by atoms with E-state index >= 15 is 0 Å². The lowest BCUT2D eigenvalue weighted by Crippen LogP contribution is -2.14. The smallest absolute Gasteiger partial charge is 0.160 e. The van der Waals surface area contributed by atoms with Crippen molar-refractivity contribution in [1.29, 1.82) is 5.26 Å². The Balaban J connectivity index is 1.16. The number of nitrogens with zero attached hydrogens (tertiary/aromatic N) is 4. The molecule has 4 nitrogen and oxygen atoms in total. The van der Waals surface area contributed by atoms with Gasteiger partial charge in [0.2, 0.25) is 0 Å². The second-order valence-corrected chi connectivity index (χ2v) is 12.8. The zero-order chi connectivity index (χ0) is 30.6. The number of hydrogen-bond donors (Lipinski definition) is 0. The van der Waals surface area contributed by atoms with Gasteiger partial charge in [0, 0.05) is 38.8 Å². The van der Waals surface area contributed by atoms with Crippen LogP contribution in [0.4, 0.5) is 0 Å². The predicted molar refractivity (Wildman–Crippen MR) is 188 cm³/mol. The number of allylic oxidation sites excluding steroid dienone is 3. The van der Waals surface area contributed by atoms with Crippen LogP contribution in [0.1, 0.15) is 22.7 Å². The number of nitriles is 1. The molecule has 5 aromatic carbocycles. The summed E-state index contributed by atoms with van der Waals surface area (Å²) in [5.74, 6) is 0.792. The van der Waals surface area contributed by atoms with Crippen molar-refractivity contribution in [2.45, 2.75) is 16.1 Å². The van der Waals surface area contributed by atoms with Crippen molar-refractivity contribution in [2.75, 3.05) is 0 Å². The third-order valence-electron chi connectivity index (χ3n) is 9.02. The van der Waals surface area contributed by atoms with E-state index in [0.717, 1.165) is 33.1 Å². The SMILES string of the molecule is N#Cc1ccc(-c2nc(-c3ccccc3)c3c(n2)C2C=CC=C(c4cccc(-n5c6ccccc6c6ccccc65)c4)C2S3)cc1. The van der Waals surface area contributed by atoms with Crippen molar-refractivity contribution >= 4 is 39.1 Å². The third kappa shape index (κ3) is 4.23. The van der Waals surface area contributed by atoms with Crippen molar-refractivity contribution in [1.82, 2.24) is 14.5 Å². The number of fused-ring (bicyclic) bond motifs is 6. The molecule has 0 saturated heterocycles. The third-order valence-corrected chi connectivity index (χ3v) is 10.5. The molecule has 0 radical (unpaired) electrons. The molecule has 2 aromatic heterocycles. The van der Waals surface area contributed by atoms with Crippen molar-refractivity contribution in [3.8, 4) is 34.4 Å². The summed E-state index contributed by atoms with van der Waals surface area (Å²) in [4.78, 5) is 11.5. The van der Waals surface area contributed by atoms with Gasteiger partial charge in [0.15, 0.2) is 5.82 Å². The van der Waals surface area contributed by atoms with Crippen LogP contribution in [0, 0.1) is 11.3 Å². The number of para-hydroxylation sites is 2. The minimum atomic E-state index is 0.111. The maximum atomic E-state index is 9.33. The molecule has 9 rings (SSSR count). The minimum absolute atomic E-state index is 0.111. The Morgan fingerprint density at radius 3 is 2.11 bits per heavy atom.